The molecule has 120 valence electrons. The molecule has 1 amide bonds. The Labute approximate surface area is 141 Å². The Morgan fingerprint density at radius 2 is 2.29 bits per heavy atom. The topological polar surface area (TPSA) is 102 Å². The quantitative estimate of drug-likeness (QED) is 0.243. The van der Waals surface area contributed by atoms with E-state index < -0.39 is 0 Å². The molecule has 21 heavy (non-hydrogen) atoms. The van der Waals surface area contributed by atoms with E-state index in [9.17, 15) is 4.79 Å². The Bertz CT molecular complexity index is 410. The minimum absolute atomic E-state index is 0. The van der Waals surface area contributed by atoms with Crippen LogP contribution in [0.25, 0.3) is 0 Å². The number of halogens is 1. The molecule has 0 aliphatic carbocycles. The molecule has 1 aromatic heterocycles. The van der Waals surface area contributed by atoms with Crippen LogP contribution < -0.4 is 16.4 Å². The fourth-order valence-corrected chi connectivity index (χ4v) is 1.40. The van der Waals surface area contributed by atoms with Gasteiger partial charge in [0.1, 0.15) is 12.3 Å². The number of ether oxygens (including phenoxy) is 1. The van der Waals surface area contributed by atoms with Crippen LogP contribution in [0.4, 0.5) is 0 Å². The highest BCUT2D eigenvalue weighted by Crippen LogP contribution is 1.98. The van der Waals surface area contributed by atoms with E-state index in [4.69, 9.17) is 14.9 Å². The van der Waals surface area contributed by atoms with Crippen molar-refractivity contribution in [2.75, 3.05) is 26.3 Å². The van der Waals surface area contributed by atoms with Gasteiger partial charge in [0.25, 0.3) is 0 Å². The number of nitrogens with two attached hydrogens (primary N) is 1. The van der Waals surface area contributed by atoms with Gasteiger partial charge in [-0.3, -0.25) is 4.79 Å². The van der Waals surface area contributed by atoms with Crippen molar-refractivity contribution in [2.45, 2.75) is 19.9 Å². The second-order valence-corrected chi connectivity index (χ2v) is 4.03. The van der Waals surface area contributed by atoms with Gasteiger partial charge in [0.05, 0.1) is 12.8 Å². The molecule has 0 saturated carbocycles. The number of nitrogens with one attached hydrogen (secondary N) is 2. The summed E-state index contributed by atoms with van der Waals surface area (Å²) in [6.45, 7) is 4.35. The maximum absolute atomic E-state index is 11.5. The van der Waals surface area contributed by atoms with Gasteiger partial charge in [0.15, 0.2) is 5.96 Å². The molecule has 4 N–H and O–H groups in total. The number of furan rings is 1. The summed E-state index contributed by atoms with van der Waals surface area (Å²) in [5.74, 6) is 0.750. The molecule has 0 unspecified atom stereocenters. The zero-order chi connectivity index (χ0) is 14.6. The summed E-state index contributed by atoms with van der Waals surface area (Å²) < 4.78 is 10.3. The molecule has 0 saturated heterocycles. The molecule has 1 aromatic rings. The van der Waals surface area contributed by atoms with E-state index >= 15 is 0 Å². The maximum atomic E-state index is 11.5. The van der Waals surface area contributed by atoms with E-state index in [1.54, 1.807) is 18.4 Å². The maximum Gasteiger partial charge on any atom is 0.242 e. The summed E-state index contributed by atoms with van der Waals surface area (Å²) in [4.78, 5) is 15.4. The number of aliphatic imine (C=N–C) groups is 1. The summed E-state index contributed by atoms with van der Waals surface area (Å²) in [6.07, 6.45) is 2.40. The number of amides is 1. The molecular formula is C13H23IN4O3. The average molecular weight is 410 g/mol. The summed E-state index contributed by atoms with van der Waals surface area (Å²) in [7, 11) is 0. The van der Waals surface area contributed by atoms with Crippen molar-refractivity contribution in [3.05, 3.63) is 24.2 Å². The molecular weight excluding hydrogens is 387 g/mol. The Morgan fingerprint density at radius 1 is 1.48 bits per heavy atom. The standard InChI is InChI=1S/C13H22N4O3.HI/c1-2-19-7-4-6-15-13(14)17-10-12(18)16-9-11-5-3-8-20-11;/h3,5,8H,2,4,6-7,9-10H2,1H3,(H,16,18)(H3,14,15,17);1H. The SMILES string of the molecule is CCOCCCNC(N)=NCC(=O)NCc1ccco1.I. The van der Waals surface area contributed by atoms with Crippen molar-refractivity contribution in [1.29, 1.82) is 0 Å². The Morgan fingerprint density at radius 3 is 2.95 bits per heavy atom. The average Bonchev–Trinajstić information content (AvgIpc) is 2.96. The second-order valence-electron chi connectivity index (χ2n) is 4.03. The first-order chi connectivity index (χ1) is 9.72. The molecule has 0 aliphatic rings. The van der Waals surface area contributed by atoms with Gasteiger partial charge in [-0.05, 0) is 25.5 Å². The van der Waals surface area contributed by atoms with Crippen LogP contribution in [0.2, 0.25) is 0 Å². The lowest BCUT2D eigenvalue weighted by molar-refractivity contribution is -0.119. The molecule has 0 fully saturated rings. The van der Waals surface area contributed by atoms with Gasteiger partial charge in [-0.15, -0.1) is 24.0 Å². The smallest absolute Gasteiger partial charge is 0.242 e. The molecule has 0 aliphatic heterocycles. The van der Waals surface area contributed by atoms with E-state index in [1.165, 1.54) is 0 Å². The first-order valence-corrected chi connectivity index (χ1v) is 6.63. The normalized spacial score (nSPS) is 10.8. The highest BCUT2D eigenvalue weighted by molar-refractivity contribution is 14.0. The van der Waals surface area contributed by atoms with Gasteiger partial charge in [0, 0.05) is 19.8 Å². The lowest BCUT2D eigenvalue weighted by Crippen LogP contribution is -2.34. The van der Waals surface area contributed by atoms with Gasteiger partial charge in [-0.1, -0.05) is 0 Å². The van der Waals surface area contributed by atoms with E-state index in [0.717, 1.165) is 6.42 Å². The number of nitrogens with zero attached hydrogens (tertiary/aromatic N) is 1. The predicted octanol–water partition coefficient (Wildman–Crippen LogP) is 0.845. The molecule has 7 nitrogen and oxygen atoms in total. The lowest BCUT2D eigenvalue weighted by Gasteiger charge is -2.05. The number of guanidine groups is 1. The molecule has 0 atom stereocenters. The number of carbonyl (C=O) groups is 1. The minimum atomic E-state index is -0.208. The monoisotopic (exact) mass is 410 g/mol. The van der Waals surface area contributed by atoms with Gasteiger partial charge < -0.3 is 25.5 Å². The molecule has 0 radical (unpaired) electrons. The number of rotatable bonds is 9. The van der Waals surface area contributed by atoms with Gasteiger partial charge in [0.2, 0.25) is 5.91 Å². The first-order valence-electron chi connectivity index (χ1n) is 6.63. The van der Waals surface area contributed by atoms with E-state index in [2.05, 4.69) is 15.6 Å². The van der Waals surface area contributed by atoms with Crippen molar-refractivity contribution in [3.63, 3.8) is 0 Å². The van der Waals surface area contributed by atoms with E-state index in [0.29, 0.717) is 32.1 Å². The molecule has 1 heterocycles. The van der Waals surface area contributed by atoms with Crippen LogP contribution in [0.3, 0.4) is 0 Å². The largest absolute Gasteiger partial charge is 0.467 e. The first kappa shape index (κ1) is 19.7. The Kier molecular flexibility index (Phi) is 11.7. The fraction of sp³-hybridized carbons (Fsp3) is 0.538. The number of hydrogen-bond acceptors (Lipinski definition) is 4. The van der Waals surface area contributed by atoms with Crippen LogP contribution >= 0.6 is 24.0 Å². The zero-order valence-corrected chi connectivity index (χ0v) is 14.5. The Balaban J connectivity index is 0.00000400. The van der Waals surface area contributed by atoms with Gasteiger partial charge in [-0.2, -0.15) is 0 Å². The summed E-state index contributed by atoms with van der Waals surface area (Å²) in [6, 6.07) is 3.56. The molecule has 0 spiro atoms. The summed E-state index contributed by atoms with van der Waals surface area (Å²) >= 11 is 0. The highest BCUT2D eigenvalue weighted by atomic mass is 127. The molecule has 0 aromatic carbocycles. The van der Waals surface area contributed by atoms with Crippen molar-refractivity contribution < 1.29 is 13.9 Å². The Hall–Kier alpha value is -1.29. The van der Waals surface area contributed by atoms with Crippen LogP contribution in [0.5, 0.6) is 0 Å². The van der Waals surface area contributed by atoms with Crippen molar-refractivity contribution in [2.24, 2.45) is 10.7 Å². The number of carbonyl (C=O) groups excluding carboxylic acids is 1. The molecule has 0 bridgehead atoms. The third kappa shape index (κ3) is 10.1. The minimum Gasteiger partial charge on any atom is -0.467 e. The fourth-order valence-electron chi connectivity index (χ4n) is 1.40. The van der Waals surface area contributed by atoms with E-state index in [1.807, 2.05) is 6.92 Å². The van der Waals surface area contributed by atoms with Crippen LogP contribution in [-0.4, -0.2) is 38.2 Å². The van der Waals surface area contributed by atoms with Crippen molar-refractivity contribution >= 4 is 35.8 Å². The third-order valence-corrected chi connectivity index (χ3v) is 2.41. The second kappa shape index (κ2) is 12.5. The van der Waals surface area contributed by atoms with Crippen LogP contribution in [0.15, 0.2) is 27.8 Å². The summed E-state index contributed by atoms with van der Waals surface area (Å²) in [5.41, 5.74) is 5.63. The van der Waals surface area contributed by atoms with Crippen LogP contribution in [0.1, 0.15) is 19.1 Å². The van der Waals surface area contributed by atoms with E-state index in [-0.39, 0.29) is 42.4 Å². The third-order valence-electron chi connectivity index (χ3n) is 2.41. The van der Waals surface area contributed by atoms with Crippen molar-refractivity contribution in [3.8, 4) is 0 Å². The van der Waals surface area contributed by atoms with Crippen LogP contribution in [-0.2, 0) is 16.1 Å². The van der Waals surface area contributed by atoms with Gasteiger partial charge in [-0.25, -0.2) is 4.99 Å². The molecule has 1 rings (SSSR count). The van der Waals surface area contributed by atoms with Crippen molar-refractivity contribution in [1.82, 2.24) is 10.6 Å². The highest BCUT2D eigenvalue weighted by Gasteiger charge is 2.02. The predicted molar refractivity (Wildman–Crippen MR) is 91.6 cm³/mol. The number of hydrogen-bond donors (Lipinski definition) is 3. The zero-order valence-electron chi connectivity index (χ0n) is 12.1. The van der Waals surface area contributed by atoms with Gasteiger partial charge >= 0.3 is 0 Å². The molecule has 8 heteroatoms. The van der Waals surface area contributed by atoms with Crippen LogP contribution in [0, 0.1) is 0 Å². The summed E-state index contributed by atoms with van der Waals surface area (Å²) in [5, 5.41) is 5.60. The lowest BCUT2D eigenvalue weighted by atomic mass is 10.4.